The van der Waals surface area contributed by atoms with Crippen LogP contribution in [0.5, 0.6) is 0 Å². The van der Waals surface area contributed by atoms with Crippen molar-refractivity contribution >= 4 is 33.4 Å². The second-order valence-electron chi connectivity index (χ2n) is 5.05. The van der Waals surface area contributed by atoms with Gasteiger partial charge in [0, 0.05) is 5.33 Å². The summed E-state index contributed by atoms with van der Waals surface area (Å²) in [4.78, 5) is 12.3. The van der Waals surface area contributed by atoms with Gasteiger partial charge in [0.2, 0.25) is 0 Å². The average Bonchev–Trinajstić information content (AvgIpc) is 2.39. The van der Waals surface area contributed by atoms with Gasteiger partial charge in [-0.25, -0.2) is 4.39 Å². The molecule has 1 fully saturated rings. The van der Waals surface area contributed by atoms with E-state index in [1.54, 1.807) is 0 Å². The number of amides is 1. The van der Waals surface area contributed by atoms with Crippen molar-refractivity contribution in [2.45, 2.75) is 37.6 Å². The lowest BCUT2D eigenvalue weighted by molar-refractivity contribution is 0.0886. The maximum atomic E-state index is 13.0. The van der Waals surface area contributed by atoms with E-state index < -0.39 is 5.82 Å². The molecule has 104 valence electrons. The highest BCUT2D eigenvalue weighted by Gasteiger charge is 2.33. The summed E-state index contributed by atoms with van der Waals surface area (Å²) in [5.74, 6) is -0.666. The zero-order valence-electron chi connectivity index (χ0n) is 10.5. The molecule has 0 atom stereocenters. The highest BCUT2D eigenvalue weighted by atomic mass is 79.9. The molecule has 0 aliphatic heterocycles. The molecule has 0 bridgehead atoms. The van der Waals surface area contributed by atoms with Crippen LogP contribution in [0.1, 0.15) is 42.5 Å². The lowest BCUT2D eigenvalue weighted by atomic mass is 9.83. The van der Waals surface area contributed by atoms with Crippen LogP contribution >= 0.6 is 27.5 Å². The second-order valence-corrected chi connectivity index (χ2v) is 6.02. The Balaban J connectivity index is 2.15. The smallest absolute Gasteiger partial charge is 0.253 e. The Labute approximate surface area is 125 Å². The van der Waals surface area contributed by atoms with Gasteiger partial charge in [-0.2, -0.15) is 0 Å². The number of carbonyl (C=O) groups is 1. The average molecular weight is 349 g/mol. The fraction of sp³-hybridized carbons (Fsp3) is 0.500. The van der Waals surface area contributed by atoms with Gasteiger partial charge in [0.25, 0.3) is 5.91 Å². The molecule has 0 unspecified atom stereocenters. The van der Waals surface area contributed by atoms with Gasteiger partial charge in [-0.15, -0.1) is 0 Å². The Bertz CT molecular complexity index is 475. The lowest BCUT2D eigenvalue weighted by Crippen LogP contribution is -2.51. The number of carbonyl (C=O) groups excluding carboxylic acids is 1. The number of benzene rings is 1. The Morgan fingerprint density at radius 2 is 2.05 bits per heavy atom. The lowest BCUT2D eigenvalue weighted by Gasteiger charge is -2.36. The minimum Gasteiger partial charge on any atom is -0.346 e. The van der Waals surface area contributed by atoms with Crippen molar-refractivity contribution in [1.82, 2.24) is 5.32 Å². The highest BCUT2D eigenvalue weighted by Crippen LogP contribution is 2.30. The number of nitrogens with one attached hydrogen (secondary N) is 1. The standard InChI is InChI=1S/C14H16BrClFNO/c15-9-14(6-2-1-3-7-14)18-13(19)11-5-4-10(17)8-12(11)16/h4-5,8H,1-3,6-7,9H2,(H,18,19). The van der Waals surface area contributed by atoms with Crippen LogP contribution in [0.25, 0.3) is 0 Å². The number of rotatable bonds is 3. The van der Waals surface area contributed by atoms with Crippen LogP contribution in [-0.2, 0) is 0 Å². The highest BCUT2D eigenvalue weighted by molar-refractivity contribution is 9.09. The SMILES string of the molecule is O=C(NC1(CBr)CCCCC1)c1ccc(F)cc1Cl. The molecule has 1 aliphatic carbocycles. The molecule has 0 spiro atoms. The van der Waals surface area contributed by atoms with E-state index in [4.69, 9.17) is 11.6 Å². The van der Waals surface area contributed by atoms with Gasteiger partial charge in [-0.05, 0) is 31.0 Å². The third kappa shape index (κ3) is 3.48. The van der Waals surface area contributed by atoms with Crippen molar-refractivity contribution in [2.24, 2.45) is 0 Å². The van der Waals surface area contributed by atoms with E-state index >= 15 is 0 Å². The van der Waals surface area contributed by atoms with Crippen LogP contribution in [0.15, 0.2) is 18.2 Å². The molecule has 1 aromatic carbocycles. The Hall–Kier alpha value is -0.610. The molecule has 2 rings (SSSR count). The first-order valence-electron chi connectivity index (χ1n) is 6.40. The zero-order chi connectivity index (χ0) is 13.9. The fourth-order valence-electron chi connectivity index (χ4n) is 2.50. The molecular weight excluding hydrogens is 333 g/mol. The van der Waals surface area contributed by atoms with E-state index in [2.05, 4.69) is 21.2 Å². The maximum absolute atomic E-state index is 13.0. The van der Waals surface area contributed by atoms with Gasteiger partial charge >= 0.3 is 0 Å². The summed E-state index contributed by atoms with van der Waals surface area (Å²) in [5.41, 5.74) is 0.126. The van der Waals surface area contributed by atoms with E-state index in [1.165, 1.54) is 18.6 Å². The van der Waals surface area contributed by atoms with Crippen molar-refractivity contribution in [3.63, 3.8) is 0 Å². The predicted molar refractivity (Wildman–Crippen MR) is 78.5 cm³/mol. The van der Waals surface area contributed by atoms with Gasteiger partial charge in [0.05, 0.1) is 16.1 Å². The number of hydrogen-bond acceptors (Lipinski definition) is 1. The Morgan fingerprint density at radius 3 is 2.63 bits per heavy atom. The van der Waals surface area contributed by atoms with Crippen LogP contribution in [0.3, 0.4) is 0 Å². The second kappa shape index (κ2) is 6.23. The summed E-state index contributed by atoms with van der Waals surface area (Å²) < 4.78 is 13.0. The van der Waals surface area contributed by atoms with E-state index in [0.717, 1.165) is 37.1 Å². The molecule has 1 aromatic rings. The van der Waals surface area contributed by atoms with Gasteiger partial charge in [0.1, 0.15) is 5.82 Å². The van der Waals surface area contributed by atoms with E-state index in [1.807, 2.05) is 0 Å². The van der Waals surface area contributed by atoms with Crippen molar-refractivity contribution in [3.8, 4) is 0 Å². The van der Waals surface area contributed by atoms with Crippen molar-refractivity contribution < 1.29 is 9.18 Å². The summed E-state index contributed by atoms with van der Waals surface area (Å²) in [5, 5.41) is 3.94. The molecule has 0 heterocycles. The number of halogens is 3. The third-order valence-electron chi connectivity index (χ3n) is 3.62. The fourth-order valence-corrected chi connectivity index (χ4v) is 3.46. The van der Waals surface area contributed by atoms with Gasteiger partial charge < -0.3 is 5.32 Å². The molecule has 1 N–H and O–H groups in total. The maximum Gasteiger partial charge on any atom is 0.253 e. The Morgan fingerprint density at radius 1 is 1.37 bits per heavy atom. The predicted octanol–water partition coefficient (Wildman–Crippen LogP) is 4.31. The third-order valence-corrected chi connectivity index (χ3v) is 5.01. The topological polar surface area (TPSA) is 29.1 Å². The normalized spacial score (nSPS) is 18.1. The molecule has 0 saturated heterocycles. The molecule has 0 radical (unpaired) electrons. The summed E-state index contributed by atoms with van der Waals surface area (Å²) >= 11 is 9.41. The van der Waals surface area contributed by atoms with Crippen LogP contribution < -0.4 is 5.32 Å². The van der Waals surface area contributed by atoms with E-state index in [-0.39, 0.29) is 16.5 Å². The van der Waals surface area contributed by atoms with Crippen molar-refractivity contribution in [3.05, 3.63) is 34.6 Å². The monoisotopic (exact) mass is 347 g/mol. The molecule has 1 aliphatic rings. The first kappa shape index (κ1) is 14.8. The Kier molecular flexibility index (Phi) is 4.85. The number of alkyl halides is 1. The summed E-state index contributed by atoms with van der Waals surface area (Å²) in [7, 11) is 0. The van der Waals surface area contributed by atoms with Crippen LogP contribution in [0, 0.1) is 5.82 Å². The summed E-state index contributed by atoms with van der Waals surface area (Å²) in [6.07, 6.45) is 5.36. The quantitative estimate of drug-likeness (QED) is 0.810. The molecule has 0 aromatic heterocycles. The van der Waals surface area contributed by atoms with Gasteiger partial charge in [-0.1, -0.05) is 46.8 Å². The van der Waals surface area contributed by atoms with Crippen molar-refractivity contribution in [2.75, 3.05) is 5.33 Å². The number of hydrogen-bond donors (Lipinski definition) is 1. The van der Waals surface area contributed by atoms with Crippen LogP contribution in [0.4, 0.5) is 4.39 Å². The first-order chi connectivity index (χ1) is 9.06. The van der Waals surface area contributed by atoms with Gasteiger partial charge in [-0.3, -0.25) is 4.79 Å². The largest absolute Gasteiger partial charge is 0.346 e. The molecule has 2 nitrogen and oxygen atoms in total. The minimum atomic E-state index is -0.436. The molecular formula is C14H16BrClFNO. The van der Waals surface area contributed by atoms with Crippen molar-refractivity contribution in [1.29, 1.82) is 0 Å². The molecule has 1 saturated carbocycles. The zero-order valence-corrected chi connectivity index (χ0v) is 12.9. The molecule has 19 heavy (non-hydrogen) atoms. The summed E-state index contributed by atoms with van der Waals surface area (Å²) in [6, 6.07) is 3.85. The van der Waals surface area contributed by atoms with E-state index in [0.29, 0.717) is 5.56 Å². The first-order valence-corrected chi connectivity index (χ1v) is 7.90. The summed E-state index contributed by atoms with van der Waals surface area (Å²) in [6.45, 7) is 0. The van der Waals surface area contributed by atoms with E-state index in [9.17, 15) is 9.18 Å². The minimum absolute atomic E-state index is 0.151. The molecule has 5 heteroatoms. The van der Waals surface area contributed by atoms with Crippen LogP contribution in [-0.4, -0.2) is 16.8 Å². The van der Waals surface area contributed by atoms with Crippen LogP contribution in [0.2, 0.25) is 5.02 Å². The molecule has 1 amide bonds. The van der Waals surface area contributed by atoms with Gasteiger partial charge in [0.15, 0.2) is 0 Å².